The molecule has 64 valence electrons. The first-order chi connectivity index (χ1) is 5.22. The summed E-state index contributed by atoms with van der Waals surface area (Å²) >= 11 is 0. The monoisotopic (exact) mass is 162 g/mol. The van der Waals surface area contributed by atoms with Crippen molar-refractivity contribution >= 4 is 12.3 Å². The summed E-state index contributed by atoms with van der Waals surface area (Å²) in [5, 5.41) is 2.17. The van der Waals surface area contributed by atoms with Crippen molar-refractivity contribution in [1.82, 2.24) is 10.4 Å². The lowest BCUT2D eigenvalue weighted by Crippen LogP contribution is -2.32. The molecule has 0 aliphatic rings. The minimum atomic E-state index is -0.723. The molecule has 5 heteroatoms. The van der Waals surface area contributed by atoms with Crippen LogP contribution >= 0.6 is 0 Å². The van der Waals surface area contributed by atoms with Crippen molar-refractivity contribution in [2.45, 2.75) is 13.3 Å². The van der Waals surface area contributed by atoms with Gasteiger partial charge in [-0.1, -0.05) is 11.4 Å². The fourth-order valence-electron chi connectivity index (χ4n) is 0.536. The highest BCUT2D eigenvalue weighted by atomic mass is 19.2. The topological polar surface area (TPSA) is 49.4 Å². The van der Waals surface area contributed by atoms with Gasteiger partial charge in [-0.3, -0.25) is 9.59 Å². The molecule has 0 bridgehead atoms. The number of nitrogens with one attached hydrogen (secondary N) is 1. The number of carbonyl (C=O) groups is 2. The lowest BCUT2D eigenvalue weighted by Gasteiger charge is -2.08. The molecule has 0 aromatic heterocycles. The maximum Gasteiger partial charge on any atom is 0.269 e. The van der Waals surface area contributed by atoms with Gasteiger partial charge in [-0.25, -0.2) is 0 Å². The summed E-state index contributed by atoms with van der Waals surface area (Å²) in [5.41, 5.74) is 0. The fraction of sp³-hybridized carbons (Fsp3) is 0.667. The van der Waals surface area contributed by atoms with Crippen molar-refractivity contribution in [3.8, 4) is 0 Å². The third-order valence-electron chi connectivity index (χ3n) is 1.03. The van der Waals surface area contributed by atoms with Gasteiger partial charge in [0.15, 0.2) is 0 Å². The average molecular weight is 162 g/mol. The highest BCUT2D eigenvalue weighted by molar-refractivity contribution is 5.78. The molecule has 0 radical (unpaired) electrons. The molecule has 0 saturated heterocycles. The molecule has 0 spiro atoms. The van der Waals surface area contributed by atoms with E-state index >= 15 is 0 Å². The summed E-state index contributed by atoms with van der Waals surface area (Å²) in [6.07, 6.45) is 0.918. The van der Waals surface area contributed by atoms with Gasteiger partial charge in [-0.2, -0.15) is 5.12 Å². The fourth-order valence-corrected chi connectivity index (χ4v) is 0.536. The molecule has 0 fully saturated rings. The standard InChI is InChI=1S/C6H11FN2O2/c1-2-3-9(7)6(11)4-8-5-10/h5H,2-4H2,1H3,(H,8,10). The van der Waals surface area contributed by atoms with E-state index in [1.807, 2.05) is 0 Å². The van der Waals surface area contributed by atoms with Crippen molar-refractivity contribution in [2.24, 2.45) is 0 Å². The number of nitrogens with zero attached hydrogens (tertiary/aromatic N) is 1. The van der Waals surface area contributed by atoms with Gasteiger partial charge in [0, 0.05) is 0 Å². The Morgan fingerprint density at radius 3 is 2.82 bits per heavy atom. The van der Waals surface area contributed by atoms with Gasteiger partial charge < -0.3 is 5.32 Å². The lowest BCUT2D eigenvalue weighted by atomic mass is 10.4. The molecule has 0 aliphatic carbocycles. The van der Waals surface area contributed by atoms with Crippen molar-refractivity contribution in [3.63, 3.8) is 0 Å². The molecule has 2 amide bonds. The SMILES string of the molecule is CCCN(F)C(=O)CNC=O. The molecule has 0 unspecified atom stereocenters. The Morgan fingerprint density at radius 2 is 2.36 bits per heavy atom. The van der Waals surface area contributed by atoms with E-state index < -0.39 is 5.91 Å². The van der Waals surface area contributed by atoms with Gasteiger partial charge in [0.05, 0.1) is 13.1 Å². The van der Waals surface area contributed by atoms with Crippen LogP contribution in [0.4, 0.5) is 4.48 Å². The van der Waals surface area contributed by atoms with Crippen molar-refractivity contribution in [2.75, 3.05) is 13.1 Å². The summed E-state index contributed by atoms with van der Waals surface area (Å²) in [6, 6.07) is 0. The molecular formula is C6H11FN2O2. The van der Waals surface area contributed by atoms with Gasteiger partial charge in [-0.05, 0) is 6.42 Å². The molecule has 4 nitrogen and oxygen atoms in total. The first-order valence-corrected chi connectivity index (χ1v) is 3.35. The van der Waals surface area contributed by atoms with Crippen LogP contribution in [-0.4, -0.2) is 30.5 Å². The van der Waals surface area contributed by atoms with Crippen molar-refractivity contribution < 1.29 is 14.1 Å². The van der Waals surface area contributed by atoms with E-state index in [1.165, 1.54) is 0 Å². The predicted molar refractivity (Wildman–Crippen MR) is 37.2 cm³/mol. The summed E-state index contributed by atoms with van der Waals surface area (Å²) in [5.74, 6) is -0.723. The zero-order valence-corrected chi connectivity index (χ0v) is 6.34. The van der Waals surface area contributed by atoms with E-state index in [9.17, 15) is 14.1 Å². The van der Waals surface area contributed by atoms with E-state index in [0.29, 0.717) is 12.8 Å². The second kappa shape index (κ2) is 5.64. The van der Waals surface area contributed by atoms with E-state index in [-0.39, 0.29) is 18.2 Å². The number of amides is 2. The van der Waals surface area contributed by atoms with Crippen LogP contribution in [0.1, 0.15) is 13.3 Å². The smallest absolute Gasteiger partial charge is 0.269 e. The van der Waals surface area contributed by atoms with E-state index in [0.717, 1.165) is 0 Å². The summed E-state index contributed by atoms with van der Waals surface area (Å²) in [7, 11) is 0. The van der Waals surface area contributed by atoms with E-state index in [4.69, 9.17) is 0 Å². The number of hydrogen-bond donors (Lipinski definition) is 1. The Labute approximate surface area is 64.3 Å². The van der Waals surface area contributed by atoms with Crippen LogP contribution in [0.25, 0.3) is 0 Å². The second-order valence-electron chi connectivity index (χ2n) is 1.98. The van der Waals surface area contributed by atoms with Crippen LogP contribution in [0.5, 0.6) is 0 Å². The van der Waals surface area contributed by atoms with Crippen LogP contribution in [0, 0.1) is 0 Å². The lowest BCUT2D eigenvalue weighted by molar-refractivity contribution is -0.145. The van der Waals surface area contributed by atoms with E-state index in [2.05, 4.69) is 5.32 Å². The van der Waals surface area contributed by atoms with Gasteiger partial charge in [-0.15, -0.1) is 0 Å². The van der Waals surface area contributed by atoms with Crippen LogP contribution in [0.3, 0.4) is 0 Å². The second-order valence-corrected chi connectivity index (χ2v) is 1.98. The Hall–Kier alpha value is -1.13. The van der Waals surface area contributed by atoms with Crippen LogP contribution < -0.4 is 5.32 Å². The maximum atomic E-state index is 12.4. The highest BCUT2D eigenvalue weighted by Crippen LogP contribution is 1.91. The Morgan fingerprint density at radius 1 is 1.73 bits per heavy atom. The minimum absolute atomic E-state index is 0.0688. The zero-order valence-electron chi connectivity index (χ0n) is 6.34. The summed E-state index contributed by atoms with van der Waals surface area (Å²) in [4.78, 5) is 20.3. The first-order valence-electron chi connectivity index (χ1n) is 3.35. The van der Waals surface area contributed by atoms with Crippen molar-refractivity contribution in [1.29, 1.82) is 0 Å². The zero-order chi connectivity index (χ0) is 8.69. The predicted octanol–water partition coefficient (Wildman–Crippen LogP) is -0.145. The molecule has 1 N–H and O–H groups in total. The highest BCUT2D eigenvalue weighted by Gasteiger charge is 2.09. The molecule has 0 heterocycles. The van der Waals surface area contributed by atoms with Crippen LogP contribution in [0.15, 0.2) is 0 Å². The van der Waals surface area contributed by atoms with Gasteiger partial charge >= 0.3 is 0 Å². The van der Waals surface area contributed by atoms with Crippen molar-refractivity contribution in [3.05, 3.63) is 0 Å². The summed E-state index contributed by atoms with van der Waals surface area (Å²) < 4.78 is 12.4. The molecule has 0 atom stereocenters. The molecular weight excluding hydrogens is 151 g/mol. The van der Waals surface area contributed by atoms with Crippen LogP contribution in [0.2, 0.25) is 0 Å². The maximum absolute atomic E-state index is 12.4. The van der Waals surface area contributed by atoms with E-state index in [1.54, 1.807) is 6.92 Å². The number of carbonyl (C=O) groups excluding carboxylic acids is 2. The Bertz CT molecular complexity index is 141. The average Bonchev–Trinajstić information content (AvgIpc) is 2.00. The number of rotatable bonds is 5. The molecule has 0 aromatic carbocycles. The Kier molecular flexibility index (Phi) is 5.06. The third-order valence-corrected chi connectivity index (χ3v) is 1.03. The summed E-state index contributed by atoms with van der Waals surface area (Å²) in [6.45, 7) is 1.55. The molecule has 11 heavy (non-hydrogen) atoms. The third kappa shape index (κ3) is 4.30. The number of halogens is 1. The molecule has 0 saturated carbocycles. The molecule has 0 rings (SSSR count). The van der Waals surface area contributed by atoms with Gasteiger partial charge in [0.2, 0.25) is 6.41 Å². The van der Waals surface area contributed by atoms with Gasteiger partial charge in [0.1, 0.15) is 0 Å². The van der Waals surface area contributed by atoms with Crippen LogP contribution in [-0.2, 0) is 9.59 Å². The molecule has 0 aromatic rings. The largest absolute Gasteiger partial charge is 0.350 e. The number of hydrogen-bond acceptors (Lipinski definition) is 2. The van der Waals surface area contributed by atoms with Gasteiger partial charge in [0.25, 0.3) is 5.91 Å². The first kappa shape index (κ1) is 9.87. The Balaban J connectivity index is 3.54. The minimum Gasteiger partial charge on any atom is -0.350 e. The normalized spacial score (nSPS) is 8.91. The molecule has 0 aliphatic heterocycles. The quantitative estimate of drug-likeness (QED) is 0.451.